The average molecular weight is 195 g/mol. The van der Waals surface area contributed by atoms with Crippen molar-refractivity contribution in [1.29, 1.82) is 0 Å². The van der Waals surface area contributed by atoms with E-state index in [4.69, 9.17) is 0 Å². The van der Waals surface area contributed by atoms with Gasteiger partial charge < -0.3 is 9.13 Å². The minimum atomic E-state index is -2.17. The van der Waals surface area contributed by atoms with Crippen LogP contribution in [-0.4, -0.2) is 10.7 Å². The maximum atomic E-state index is 12.4. The van der Waals surface area contributed by atoms with Crippen LogP contribution in [0.5, 0.6) is 0 Å². The molecular formula is C10H14NOP. The van der Waals surface area contributed by atoms with E-state index < -0.39 is 7.14 Å². The van der Waals surface area contributed by atoms with Crippen molar-refractivity contribution in [2.24, 2.45) is 7.05 Å². The second-order valence-electron chi connectivity index (χ2n) is 3.72. The largest absolute Gasteiger partial charge is 0.348 e. The van der Waals surface area contributed by atoms with E-state index in [1.165, 1.54) is 5.57 Å². The van der Waals surface area contributed by atoms with Crippen LogP contribution in [0.3, 0.4) is 0 Å². The Morgan fingerprint density at radius 1 is 1.54 bits per heavy atom. The number of hydrogen-bond donors (Lipinski definition) is 0. The molecule has 0 saturated heterocycles. The van der Waals surface area contributed by atoms with Crippen LogP contribution >= 0.6 is 7.14 Å². The number of rotatable bonds is 1. The number of nitrogens with zero attached hydrogens (tertiary/aromatic N) is 1. The molecule has 70 valence electrons. The van der Waals surface area contributed by atoms with Crippen molar-refractivity contribution in [1.82, 2.24) is 4.57 Å². The van der Waals surface area contributed by atoms with Gasteiger partial charge in [0.05, 0.1) is 5.44 Å². The molecule has 0 radical (unpaired) electrons. The third-order valence-electron chi connectivity index (χ3n) is 2.57. The van der Waals surface area contributed by atoms with Gasteiger partial charge in [0, 0.05) is 19.4 Å². The summed E-state index contributed by atoms with van der Waals surface area (Å²) in [5.41, 5.74) is 2.26. The quantitative estimate of drug-likeness (QED) is 0.630. The van der Waals surface area contributed by atoms with Crippen LogP contribution in [0.4, 0.5) is 0 Å². The van der Waals surface area contributed by atoms with Gasteiger partial charge in [-0.25, -0.2) is 0 Å². The van der Waals surface area contributed by atoms with Crippen LogP contribution in [0.1, 0.15) is 13.3 Å². The molecule has 0 N–H and O–H groups in total. The monoisotopic (exact) mass is 195 g/mol. The summed E-state index contributed by atoms with van der Waals surface area (Å²) in [6, 6.07) is 3.92. The van der Waals surface area contributed by atoms with Crippen LogP contribution in [0, 0.1) is 0 Å². The lowest BCUT2D eigenvalue weighted by atomic mass is 10.3. The maximum absolute atomic E-state index is 12.4. The summed E-state index contributed by atoms with van der Waals surface area (Å²) >= 11 is 0. The van der Waals surface area contributed by atoms with Crippen LogP contribution < -0.4 is 5.44 Å². The van der Waals surface area contributed by atoms with Gasteiger partial charge in [-0.05, 0) is 31.3 Å². The Balaban J connectivity index is 2.48. The van der Waals surface area contributed by atoms with Gasteiger partial charge in [-0.15, -0.1) is 0 Å². The van der Waals surface area contributed by atoms with Crippen molar-refractivity contribution in [2.45, 2.75) is 13.3 Å². The molecule has 0 bridgehead atoms. The van der Waals surface area contributed by atoms with E-state index >= 15 is 0 Å². The Morgan fingerprint density at radius 3 is 2.77 bits per heavy atom. The first-order chi connectivity index (χ1) is 6.12. The van der Waals surface area contributed by atoms with E-state index in [-0.39, 0.29) is 0 Å². The lowest BCUT2D eigenvalue weighted by molar-refractivity contribution is 0.586. The zero-order chi connectivity index (χ0) is 9.47. The fraction of sp³-hybridized carbons (Fsp3) is 0.400. The first-order valence-corrected chi connectivity index (χ1v) is 6.47. The molecule has 1 aliphatic heterocycles. The third kappa shape index (κ3) is 1.40. The number of hydrogen-bond acceptors (Lipinski definition) is 1. The van der Waals surface area contributed by atoms with Gasteiger partial charge in [0.25, 0.3) is 0 Å². The molecule has 1 aliphatic rings. The average Bonchev–Trinajstić information content (AvgIpc) is 2.59. The van der Waals surface area contributed by atoms with Crippen molar-refractivity contribution in [3.05, 3.63) is 29.7 Å². The zero-order valence-electron chi connectivity index (χ0n) is 8.03. The Kier molecular flexibility index (Phi) is 1.96. The Hall–Kier alpha value is -0.750. The van der Waals surface area contributed by atoms with Gasteiger partial charge in [-0.2, -0.15) is 0 Å². The molecule has 1 aromatic heterocycles. The molecule has 0 aliphatic carbocycles. The molecule has 3 heteroatoms. The standard InChI is InChI=1S/C10H14NOP/c1-9-5-7-13(12,8-9)10-4-3-6-11(10)2/h3-4,6,8H,5,7H2,1-2H3. The summed E-state index contributed by atoms with van der Waals surface area (Å²) in [6.45, 7) is 2.06. The van der Waals surface area contributed by atoms with Crippen LogP contribution in [0.2, 0.25) is 0 Å². The SMILES string of the molecule is CC1=CP(=O)(c2cccn2C)CC1. The first kappa shape index (κ1) is 8.83. The zero-order valence-corrected chi connectivity index (χ0v) is 8.92. The second-order valence-corrected chi connectivity index (χ2v) is 6.48. The van der Waals surface area contributed by atoms with Gasteiger partial charge in [0.15, 0.2) is 7.14 Å². The molecule has 0 fully saturated rings. The van der Waals surface area contributed by atoms with Crippen molar-refractivity contribution >= 4 is 12.6 Å². The van der Waals surface area contributed by atoms with Crippen molar-refractivity contribution in [3.63, 3.8) is 0 Å². The van der Waals surface area contributed by atoms with E-state index in [9.17, 15) is 4.57 Å². The van der Waals surface area contributed by atoms with Crippen molar-refractivity contribution in [2.75, 3.05) is 6.16 Å². The van der Waals surface area contributed by atoms with Gasteiger partial charge in [0.2, 0.25) is 0 Å². The summed E-state index contributed by atoms with van der Waals surface area (Å²) in [5.74, 6) is 1.97. The Labute approximate surface area is 78.6 Å². The van der Waals surface area contributed by atoms with E-state index in [0.717, 1.165) is 18.0 Å². The van der Waals surface area contributed by atoms with Gasteiger partial charge in [-0.1, -0.05) is 5.57 Å². The van der Waals surface area contributed by atoms with Crippen LogP contribution in [-0.2, 0) is 11.6 Å². The molecule has 1 atom stereocenters. The number of aromatic nitrogens is 1. The highest BCUT2D eigenvalue weighted by Gasteiger charge is 2.28. The minimum absolute atomic E-state index is 0.816. The van der Waals surface area contributed by atoms with E-state index in [2.05, 4.69) is 6.92 Å². The van der Waals surface area contributed by atoms with Crippen molar-refractivity contribution in [3.8, 4) is 0 Å². The summed E-state index contributed by atoms with van der Waals surface area (Å²) < 4.78 is 14.4. The first-order valence-electron chi connectivity index (χ1n) is 4.51. The van der Waals surface area contributed by atoms with Crippen LogP contribution in [0.25, 0.3) is 0 Å². The molecule has 2 nitrogen and oxygen atoms in total. The Morgan fingerprint density at radius 2 is 2.31 bits per heavy atom. The lowest BCUT2D eigenvalue weighted by Gasteiger charge is -2.09. The van der Waals surface area contributed by atoms with Gasteiger partial charge >= 0.3 is 0 Å². The van der Waals surface area contributed by atoms with Gasteiger partial charge in [0.1, 0.15) is 0 Å². The Bertz CT molecular complexity index is 403. The summed E-state index contributed by atoms with van der Waals surface area (Å²) in [6.07, 6.45) is 3.76. The summed E-state index contributed by atoms with van der Waals surface area (Å²) in [7, 11) is -0.213. The molecule has 0 saturated carbocycles. The highest BCUT2D eigenvalue weighted by molar-refractivity contribution is 7.74. The molecule has 2 heterocycles. The van der Waals surface area contributed by atoms with Crippen LogP contribution in [0.15, 0.2) is 29.7 Å². The third-order valence-corrected chi connectivity index (χ3v) is 5.56. The lowest BCUT2D eigenvalue weighted by Crippen LogP contribution is -2.12. The molecule has 0 aromatic carbocycles. The molecule has 1 aromatic rings. The fourth-order valence-corrected chi connectivity index (χ4v) is 4.81. The molecule has 0 amide bonds. The molecule has 2 rings (SSSR count). The predicted octanol–water partition coefficient (Wildman–Crippen LogP) is 2.32. The molecular weight excluding hydrogens is 181 g/mol. The number of allylic oxidation sites excluding steroid dienone is 1. The smallest absolute Gasteiger partial charge is 0.152 e. The summed E-state index contributed by atoms with van der Waals surface area (Å²) in [5, 5.41) is 0. The minimum Gasteiger partial charge on any atom is -0.348 e. The fourth-order valence-electron chi connectivity index (χ4n) is 1.85. The molecule has 1 unspecified atom stereocenters. The second kappa shape index (κ2) is 2.88. The maximum Gasteiger partial charge on any atom is 0.152 e. The topological polar surface area (TPSA) is 22.0 Å². The normalized spacial score (nSPS) is 27.7. The predicted molar refractivity (Wildman–Crippen MR) is 55.9 cm³/mol. The van der Waals surface area contributed by atoms with E-state index in [1.54, 1.807) is 0 Å². The highest BCUT2D eigenvalue weighted by Crippen LogP contribution is 2.52. The molecule has 13 heavy (non-hydrogen) atoms. The highest BCUT2D eigenvalue weighted by atomic mass is 31.2. The molecule has 0 spiro atoms. The van der Waals surface area contributed by atoms with E-state index in [1.807, 2.05) is 35.8 Å². The van der Waals surface area contributed by atoms with Crippen molar-refractivity contribution < 1.29 is 4.57 Å². The van der Waals surface area contributed by atoms with E-state index in [0.29, 0.717) is 0 Å². The number of aryl methyl sites for hydroxylation is 1. The van der Waals surface area contributed by atoms with Gasteiger partial charge in [-0.3, -0.25) is 0 Å². The summed E-state index contributed by atoms with van der Waals surface area (Å²) in [4.78, 5) is 0.